The van der Waals surface area contributed by atoms with Crippen molar-refractivity contribution in [3.63, 3.8) is 0 Å². The average molecular weight is 489 g/mol. The first-order valence-electron chi connectivity index (χ1n) is 12.0. The molecule has 1 saturated heterocycles. The van der Waals surface area contributed by atoms with Crippen molar-refractivity contribution in [1.82, 2.24) is 44.9 Å². The highest BCUT2D eigenvalue weighted by molar-refractivity contribution is 5.83. The molecule has 36 heavy (non-hydrogen) atoms. The minimum absolute atomic E-state index is 0.240. The van der Waals surface area contributed by atoms with Crippen molar-refractivity contribution in [2.24, 2.45) is 0 Å². The van der Waals surface area contributed by atoms with Crippen LogP contribution in [-0.4, -0.2) is 58.0 Å². The van der Waals surface area contributed by atoms with E-state index in [1.807, 2.05) is 42.9 Å². The Bertz CT molecular complexity index is 1470. The summed E-state index contributed by atoms with van der Waals surface area (Å²) in [5.41, 5.74) is 2.82. The molecule has 1 fully saturated rings. The molecular weight excluding hydrogens is 463 g/mol. The van der Waals surface area contributed by atoms with Gasteiger partial charge in [-0.3, -0.25) is 9.97 Å². The van der Waals surface area contributed by atoms with E-state index in [0.29, 0.717) is 29.7 Å². The summed E-state index contributed by atoms with van der Waals surface area (Å²) in [6, 6.07) is 5.74. The van der Waals surface area contributed by atoms with Crippen LogP contribution < -0.4 is 4.90 Å². The third-order valence-corrected chi connectivity index (χ3v) is 6.60. The first kappa shape index (κ1) is 22.3. The van der Waals surface area contributed by atoms with E-state index >= 15 is 0 Å². The lowest BCUT2D eigenvalue weighted by molar-refractivity contribution is 0.386. The molecular formula is C24H25FN10O. The predicted octanol–water partition coefficient (Wildman–Crippen LogP) is 3.48. The minimum Gasteiger partial charge on any atom is -0.339 e. The van der Waals surface area contributed by atoms with Gasteiger partial charge < -0.3 is 14.0 Å². The molecule has 1 aromatic carbocycles. The number of rotatable bonds is 6. The average Bonchev–Trinajstić information content (AvgIpc) is 3.66. The first-order valence-corrected chi connectivity index (χ1v) is 12.0. The normalized spacial score (nSPS) is 14.8. The topological polar surface area (TPSA) is 116 Å². The molecule has 184 valence electrons. The Hall–Kier alpha value is -4.22. The first-order chi connectivity index (χ1) is 17.5. The Labute approximate surface area is 206 Å². The molecule has 5 aromatic rings. The summed E-state index contributed by atoms with van der Waals surface area (Å²) in [7, 11) is 0. The molecule has 12 heteroatoms. The molecule has 1 aliphatic heterocycles. The van der Waals surface area contributed by atoms with E-state index in [9.17, 15) is 4.39 Å². The van der Waals surface area contributed by atoms with Crippen LogP contribution in [0.5, 0.6) is 0 Å². The smallest absolute Gasteiger partial charge is 0.324 e. The lowest BCUT2D eigenvalue weighted by Crippen LogP contribution is -2.33. The largest absolute Gasteiger partial charge is 0.339 e. The van der Waals surface area contributed by atoms with Crippen LogP contribution in [0.2, 0.25) is 0 Å². The van der Waals surface area contributed by atoms with Gasteiger partial charge in [0.25, 0.3) is 0 Å². The van der Waals surface area contributed by atoms with Crippen molar-refractivity contribution in [1.29, 1.82) is 0 Å². The zero-order valence-electron chi connectivity index (χ0n) is 20.0. The number of piperidine rings is 1. The highest BCUT2D eigenvalue weighted by Crippen LogP contribution is 2.29. The van der Waals surface area contributed by atoms with Crippen LogP contribution in [0, 0.1) is 5.82 Å². The fraction of sp³-hybridized carbons (Fsp3) is 0.375. The number of anilines is 1. The fourth-order valence-electron chi connectivity index (χ4n) is 4.61. The third kappa shape index (κ3) is 4.18. The van der Waals surface area contributed by atoms with Crippen LogP contribution in [0.3, 0.4) is 0 Å². The maximum atomic E-state index is 15.0. The molecule has 5 heterocycles. The second kappa shape index (κ2) is 9.10. The molecule has 1 aliphatic rings. The number of aromatic nitrogens is 9. The number of benzene rings is 1. The lowest BCUT2D eigenvalue weighted by atomic mass is 9.94. The van der Waals surface area contributed by atoms with Gasteiger partial charge in [0.15, 0.2) is 5.82 Å². The van der Waals surface area contributed by atoms with Gasteiger partial charge in [-0.05, 0) is 35.4 Å². The summed E-state index contributed by atoms with van der Waals surface area (Å²) in [6.07, 6.45) is 8.79. The van der Waals surface area contributed by atoms with Crippen LogP contribution in [0.25, 0.3) is 16.6 Å². The Morgan fingerprint density at radius 3 is 2.69 bits per heavy atom. The van der Waals surface area contributed by atoms with Gasteiger partial charge in [-0.25, -0.2) is 9.07 Å². The Morgan fingerprint density at radius 2 is 2.00 bits per heavy atom. The maximum absolute atomic E-state index is 15.0. The SMILES string of the molecule is CC(C)c1noc(N2CCC(c3cnc(Cn4ccc5cc(-n6cnnn6)cc(F)c54)cn3)CC2)n1. The quantitative estimate of drug-likeness (QED) is 0.354. The van der Waals surface area contributed by atoms with E-state index in [4.69, 9.17) is 9.51 Å². The van der Waals surface area contributed by atoms with Crippen molar-refractivity contribution in [2.45, 2.75) is 45.1 Å². The van der Waals surface area contributed by atoms with Crippen LogP contribution in [-0.2, 0) is 6.54 Å². The van der Waals surface area contributed by atoms with Gasteiger partial charge >= 0.3 is 6.01 Å². The van der Waals surface area contributed by atoms with E-state index in [-0.39, 0.29) is 11.7 Å². The summed E-state index contributed by atoms with van der Waals surface area (Å²) >= 11 is 0. The Kier molecular flexibility index (Phi) is 5.62. The standard InChI is InChI=1S/C24H25FN10O/c1-15(2)23-29-24(36-30-23)33-6-3-16(4-7-33)21-12-26-18(11-27-21)13-34-8-5-17-9-19(10-20(25)22(17)34)35-14-28-31-32-35/h5,8-12,14-16H,3-4,6-7,13H2,1-2H3. The van der Waals surface area contributed by atoms with Gasteiger partial charge in [0.2, 0.25) is 0 Å². The predicted molar refractivity (Wildman–Crippen MR) is 128 cm³/mol. The molecule has 0 bridgehead atoms. The van der Waals surface area contributed by atoms with Crippen LogP contribution in [0.15, 0.2) is 47.6 Å². The molecule has 11 nitrogen and oxygen atoms in total. The molecule has 4 aromatic heterocycles. The monoisotopic (exact) mass is 488 g/mol. The van der Waals surface area contributed by atoms with Crippen molar-refractivity contribution in [2.75, 3.05) is 18.0 Å². The summed E-state index contributed by atoms with van der Waals surface area (Å²) in [5.74, 6) is 0.951. The summed E-state index contributed by atoms with van der Waals surface area (Å²) in [4.78, 5) is 16.0. The lowest BCUT2D eigenvalue weighted by Gasteiger charge is -2.30. The molecule has 0 spiro atoms. The number of hydrogen-bond donors (Lipinski definition) is 0. The van der Waals surface area contributed by atoms with Crippen molar-refractivity contribution in [3.05, 3.63) is 66.1 Å². The zero-order valence-corrected chi connectivity index (χ0v) is 20.0. The van der Waals surface area contributed by atoms with Gasteiger partial charge in [0.1, 0.15) is 12.1 Å². The van der Waals surface area contributed by atoms with E-state index in [1.165, 1.54) is 17.1 Å². The van der Waals surface area contributed by atoms with E-state index in [2.05, 4.69) is 35.5 Å². The number of tetrazole rings is 1. The summed E-state index contributed by atoms with van der Waals surface area (Å²) in [5, 5.41) is 15.9. The second-order valence-corrected chi connectivity index (χ2v) is 9.35. The number of fused-ring (bicyclic) bond motifs is 1. The van der Waals surface area contributed by atoms with Crippen LogP contribution in [0.4, 0.5) is 10.4 Å². The maximum Gasteiger partial charge on any atom is 0.324 e. The van der Waals surface area contributed by atoms with Crippen LogP contribution >= 0.6 is 0 Å². The van der Waals surface area contributed by atoms with Crippen molar-refractivity contribution >= 4 is 16.9 Å². The zero-order chi connectivity index (χ0) is 24.6. The Balaban J connectivity index is 1.12. The Morgan fingerprint density at radius 1 is 1.14 bits per heavy atom. The molecule has 0 radical (unpaired) electrons. The summed E-state index contributed by atoms with van der Waals surface area (Å²) < 4.78 is 23.7. The molecule has 0 atom stereocenters. The van der Waals surface area contributed by atoms with E-state index in [0.717, 1.165) is 48.5 Å². The van der Waals surface area contributed by atoms with Gasteiger partial charge in [0, 0.05) is 48.8 Å². The molecule has 0 N–H and O–H groups in total. The number of hydrogen-bond acceptors (Lipinski definition) is 9. The highest BCUT2D eigenvalue weighted by atomic mass is 19.1. The molecule has 0 saturated carbocycles. The molecule has 6 rings (SSSR count). The van der Waals surface area contributed by atoms with E-state index < -0.39 is 0 Å². The highest BCUT2D eigenvalue weighted by Gasteiger charge is 2.25. The van der Waals surface area contributed by atoms with Crippen molar-refractivity contribution in [3.8, 4) is 5.69 Å². The van der Waals surface area contributed by atoms with Gasteiger partial charge in [-0.15, -0.1) is 5.10 Å². The molecule has 0 amide bonds. The van der Waals surface area contributed by atoms with Gasteiger partial charge in [-0.1, -0.05) is 19.0 Å². The minimum atomic E-state index is -0.346. The summed E-state index contributed by atoms with van der Waals surface area (Å²) in [6.45, 7) is 6.18. The molecule has 0 unspecified atom stereocenters. The number of halogens is 1. The van der Waals surface area contributed by atoms with Crippen molar-refractivity contribution < 1.29 is 8.91 Å². The van der Waals surface area contributed by atoms with Crippen LogP contribution in [0.1, 0.15) is 55.7 Å². The third-order valence-electron chi connectivity index (χ3n) is 6.60. The van der Waals surface area contributed by atoms with Gasteiger partial charge in [0.05, 0.1) is 35.3 Å². The number of nitrogens with zero attached hydrogens (tertiary/aromatic N) is 10. The second-order valence-electron chi connectivity index (χ2n) is 9.35. The molecule has 0 aliphatic carbocycles. The van der Waals surface area contributed by atoms with Gasteiger partial charge in [-0.2, -0.15) is 4.98 Å². The fourth-order valence-corrected chi connectivity index (χ4v) is 4.61. The van der Waals surface area contributed by atoms with E-state index in [1.54, 1.807) is 6.20 Å².